The van der Waals surface area contributed by atoms with Crippen LogP contribution in [0.15, 0.2) is 35.1 Å². The number of benzene rings is 1. The van der Waals surface area contributed by atoms with Crippen LogP contribution in [0.1, 0.15) is 24.8 Å². The average Bonchev–Trinajstić information content (AvgIpc) is 2.65. The first-order valence-electron chi connectivity index (χ1n) is 9.23. The minimum Gasteiger partial charge on any atom is -0.322 e. The number of para-hydroxylation sites is 1. The summed E-state index contributed by atoms with van der Waals surface area (Å²) in [4.78, 5) is 29.9. The molecule has 140 valence electrons. The maximum Gasteiger partial charge on any atom is 0.248 e. The molecule has 1 saturated heterocycles. The maximum absolute atomic E-state index is 12.7. The quantitative estimate of drug-likeness (QED) is 0.814. The molecule has 2 N–H and O–H groups in total. The molecule has 0 saturated carbocycles. The zero-order valence-corrected chi connectivity index (χ0v) is 16.3. The van der Waals surface area contributed by atoms with E-state index in [-0.39, 0.29) is 16.7 Å². The van der Waals surface area contributed by atoms with Gasteiger partial charge < -0.3 is 15.2 Å². The van der Waals surface area contributed by atoms with Gasteiger partial charge in [0.05, 0.1) is 6.04 Å². The Hall–Kier alpha value is -1.63. The number of nitrogens with zero attached hydrogens (tertiary/aromatic N) is 1. The number of hydrogen-bond acceptors (Lipinski definition) is 5. The van der Waals surface area contributed by atoms with Gasteiger partial charge in [-0.05, 0) is 51.5 Å². The van der Waals surface area contributed by atoms with E-state index in [4.69, 9.17) is 0 Å². The lowest BCUT2D eigenvalue weighted by atomic mass is 10.0. The zero-order valence-electron chi connectivity index (χ0n) is 15.5. The topological polar surface area (TPSA) is 65.2 Å². The lowest BCUT2D eigenvalue weighted by Gasteiger charge is -2.32. The molecule has 6 heteroatoms. The molecule has 1 aliphatic rings. The highest BCUT2D eigenvalue weighted by Crippen LogP contribution is 2.22. The summed E-state index contributed by atoms with van der Waals surface area (Å²) in [7, 11) is 3.96. The number of pyridine rings is 1. The van der Waals surface area contributed by atoms with Gasteiger partial charge in [0, 0.05) is 28.8 Å². The summed E-state index contributed by atoms with van der Waals surface area (Å²) in [6, 6.07) is 9.54. The molecule has 2 heterocycles. The Morgan fingerprint density at radius 3 is 2.96 bits per heavy atom. The van der Waals surface area contributed by atoms with Crippen molar-refractivity contribution in [2.75, 3.05) is 26.4 Å². The smallest absolute Gasteiger partial charge is 0.248 e. The molecule has 0 amide bonds. The third-order valence-corrected chi connectivity index (χ3v) is 6.35. The second-order valence-electron chi connectivity index (χ2n) is 7.01. The summed E-state index contributed by atoms with van der Waals surface area (Å²) in [5, 5.41) is 4.28. The molecule has 0 radical (unpaired) electrons. The van der Waals surface area contributed by atoms with Gasteiger partial charge in [0.2, 0.25) is 10.7 Å². The zero-order chi connectivity index (χ0) is 18.5. The van der Waals surface area contributed by atoms with Gasteiger partial charge in [0.15, 0.2) is 0 Å². The van der Waals surface area contributed by atoms with Crippen molar-refractivity contribution < 1.29 is 4.79 Å². The molecule has 5 nitrogen and oxygen atoms in total. The highest BCUT2D eigenvalue weighted by atomic mass is 32.2. The number of H-pyrrole nitrogens is 1. The summed E-state index contributed by atoms with van der Waals surface area (Å²) in [6.45, 7) is 1.12. The van der Waals surface area contributed by atoms with Gasteiger partial charge in [0.1, 0.15) is 0 Å². The number of carbonyl (C=O) groups excluding carboxylic acids is 1. The van der Waals surface area contributed by atoms with Crippen LogP contribution in [-0.2, 0) is 11.2 Å². The second-order valence-corrected chi connectivity index (χ2v) is 8.03. The fraction of sp³-hybridized carbons (Fsp3) is 0.500. The average molecular weight is 374 g/mol. The number of likely N-dealkylation sites (tertiary alicyclic amines) is 1. The van der Waals surface area contributed by atoms with Crippen LogP contribution in [0.2, 0.25) is 0 Å². The van der Waals surface area contributed by atoms with Crippen LogP contribution >= 0.6 is 11.8 Å². The van der Waals surface area contributed by atoms with Gasteiger partial charge in [-0.15, -0.1) is 0 Å². The molecule has 2 aromatic rings. The lowest BCUT2D eigenvalue weighted by molar-refractivity contribution is -0.112. The van der Waals surface area contributed by atoms with Crippen LogP contribution in [0.25, 0.3) is 10.9 Å². The first-order chi connectivity index (χ1) is 12.6. The normalized spacial score (nSPS) is 19.5. The minimum absolute atomic E-state index is 0.127. The van der Waals surface area contributed by atoms with Crippen molar-refractivity contribution >= 4 is 27.8 Å². The van der Waals surface area contributed by atoms with E-state index in [2.05, 4.69) is 22.2 Å². The molecule has 2 unspecified atom stereocenters. The number of rotatable bonds is 6. The fourth-order valence-electron chi connectivity index (χ4n) is 3.60. The molecule has 0 aliphatic carbocycles. The number of carbonyl (C=O) groups is 1. The highest BCUT2D eigenvalue weighted by molar-refractivity contribution is 8.13. The summed E-state index contributed by atoms with van der Waals surface area (Å²) >= 11 is 1.42. The van der Waals surface area contributed by atoms with Crippen LogP contribution in [0.5, 0.6) is 0 Å². The van der Waals surface area contributed by atoms with Gasteiger partial charge in [-0.2, -0.15) is 0 Å². The van der Waals surface area contributed by atoms with E-state index < -0.39 is 0 Å². The monoisotopic (exact) mass is 373 g/mol. The van der Waals surface area contributed by atoms with Gasteiger partial charge in [-0.3, -0.25) is 9.59 Å². The van der Waals surface area contributed by atoms with Crippen molar-refractivity contribution in [3.8, 4) is 0 Å². The molecule has 1 aromatic carbocycles. The Bertz CT molecular complexity index is 820. The van der Waals surface area contributed by atoms with E-state index in [1.165, 1.54) is 31.0 Å². The molecular weight excluding hydrogens is 346 g/mol. The lowest BCUT2D eigenvalue weighted by Crippen LogP contribution is -2.40. The van der Waals surface area contributed by atoms with Gasteiger partial charge in [0.25, 0.3) is 0 Å². The maximum atomic E-state index is 12.7. The Balaban J connectivity index is 1.69. The second kappa shape index (κ2) is 8.84. The van der Waals surface area contributed by atoms with Crippen LogP contribution in [0.3, 0.4) is 0 Å². The Morgan fingerprint density at radius 1 is 1.38 bits per heavy atom. The number of aromatic nitrogens is 1. The molecule has 2 atom stereocenters. The summed E-state index contributed by atoms with van der Waals surface area (Å²) < 4.78 is 0. The SMILES string of the molecule is CNC(Cc1cc(=O)[nH]c2ccccc12)C(=O)SCC1CCCCN1C. The summed E-state index contributed by atoms with van der Waals surface area (Å²) in [5.74, 6) is 0.837. The van der Waals surface area contributed by atoms with Crippen LogP contribution in [-0.4, -0.2) is 53.5 Å². The van der Waals surface area contributed by atoms with Gasteiger partial charge in [-0.25, -0.2) is 0 Å². The van der Waals surface area contributed by atoms with E-state index in [0.29, 0.717) is 12.5 Å². The number of fused-ring (bicyclic) bond motifs is 1. The molecule has 0 bridgehead atoms. The van der Waals surface area contributed by atoms with Crippen molar-refractivity contribution in [3.05, 3.63) is 46.2 Å². The molecule has 26 heavy (non-hydrogen) atoms. The largest absolute Gasteiger partial charge is 0.322 e. The van der Waals surface area contributed by atoms with E-state index in [1.807, 2.05) is 31.3 Å². The number of thioether (sulfide) groups is 1. The number of hydrogen-bond donors (Lipinski definition) is 2. The summed E-state index contributed by atoms with van der Waals surface area (Å²) in [5.41, 5.74) is 1.60. The van der Waals surface area contributed by atoms with Crippen molar-refractivity contribution in [1.82, 2.24) is 15.2 Å². The molecule has 1 aromatic heterocycles. The highest BCUT2D eigenvalue weighted by Gasteiger charge is 2.23. The molecule has 3 rings (SSSR count). The van der Waals surface area contributed by atoms with Crippen LogP contribution in [0, 0.1) is 0 Å². The fourth-order valence-corrected chi connectivity index (χ4v) is 4.78. The molecule has 1 aliphatic heterocycles. The standard InChI is InChI=1S/C20H27N3O2S/c1-21-18(20(25)26-13-15-7-5-6-10-23(15)2)11-14-12-19(24)22-17-9-4-3-8-16(14)17/h3-4,8-9,12,15,18,21H,5-7,10-11,13H2,1-2H3,(H,22,24). The van der Waals surface area contributed by atoms with Gasteiger partial charge >= 0.3 is 0 Å². The van der Waals surface area contributed by atoms with E-state index >= 15 is 0 Å². The molecule has 1 fully saturated rings. The minimum atomic E-state index is -0.292. The predicted octanol–water partition coefficient (Wildman–Crippen LogP) is 2.40. The van der Waals surface area contributed by atoms with E-state index in [0.717, 1.165) is 28.8 Å². The number of likely N-dealkylation sites (N-methyl/N-ethyl adjacent to an activating group) is 1. The molecular formula is C20H27N3O2S. The number of aromatic amines is 1. The molecule has 0 spiro atoms. The first kappa shape index (κ1) is 19.1. The van der Waals surface area contributed by atoms with Crippen molar-refractivity contribution in [2.24, 2.45) is 0 Å². The Morgan fingerprint density at radius 2 is 2.19 bits per heavy atom. The van der Waals surface area contributed by atoms with E-state index in [1.54, 1.807) is 6.07 Å². The summed E-state index contributed by atoms with van der Waals surface area (Å²) in [6.07, 6.45) is 4.19. The van der Waals surface area contributed by atoms with E-state index in [9.17, 15) is 9.59 Å². The van der Waals surface area contributed by atoms with Gasteiger partial charge in [-0.1, -0.05) is 36.4 Å². The Labute approximate surface area is 158 Å². The number of nitrogens with one attached hydrogen (secondary N) is 2. The van der Waals surface area contributed by atoms with Crippen molar-refractivity contribution in [1.29, 1.82) is 0 Å². The van der Waals surface area contributed by atoms with Crippen LogP contribution < -0.4 is 10.9 Å². The van der Waals surface area contributed by atoms with Crippen LogP contribution in [0.4, 0.5) is 0 Å². The van der Waals surface area contributed by atoms with Crippen molar-refractivity contribution in [2.45, 2.75) is 37.8 Å². The third kappa shape index (κ3) is 4.55. The third-order valence-electron chi connectivity index (χ3n) is 5.23. The first-order valence-corrected chi connectivity index (χ1v) is 10.2. The van der Waals surface area contributed by atoms with Crippen molar-refractivity contribution in [3.63, 3.8) is 0 Å². The Kier molecular flexibility index (Phi) is 6.51. The number of piperidine rings is 1. The predicted molar refractivity (Wildman–Crippen MR) is 109 cm³/mol.